The van der Waals surface area contributed by atoms with Crippen molar-refractivity contribution < 1.29 is 9.32 Å². The predicted molar refractivity (Wildman–Crippen MR) is 97.4 cm³/mol. The van der Waals surface area contributed by atoms with Crippen molar-refractivity contribution in [3.63, 3.8) is 0 Å². The molecule has 3 aromatic heterocycles. The Morgan fingerprint density at radius 3 is 2.84 bits per heavy atom. The maximum atomic E-state index is 12.8. The van der Waals surface area contributed by atoms with Gasteiger partial charge in [-0.05, 0) is 26.0 Å². The third-order valence-electron chi connectivity index (χ3n) is 4.01. The van der Waals surface area contributed by atoms with Crippen LogP contribution in [-0.2, 0) is 13.6 Å². The average Bonchev–Trinajstić information content (AvgIpc) is 3.29. The van der Waals surface area contributed by atoms with Crippen molar-refractivity contribution in [2.75, 3.05) is 6.54 Å². The number of hydrogen-bond acceptors (Lipinski definition) is 5. The first-order valence-electron chi connectivity index (χ1n) is 7.90. The first kappa shape index (κ1) is 17.2. The Labute approximate surface area is 150 Å². The van der Waals surface area contributed by atoms with Gasteiger partial charge < -0.3 is 9.42 Å². The Morgan fingerprint density at radius 1 is 1.44 bits per heavy atom. The van der Waals surface area contributed by atoms with Crippen molar-refractivity contribution >= 4 is 17.2 Å². The second-order valence-corrected chi connectivity index (χ2v) is 7.20. The molecule has 3 aromatic rings. The van der Waals surface area contributed by atoms with E-state index in [2.05, 4.69) is 22.9 Å². The lowest BCUT2D eigenvalue weighted by Crippen LogP contribution is -2.30. The number of carbonyl (C=O) groups excluding carboxylic acids is 1. The molecule has 3 rings (SSSR count). The molecule has 0 aromatic carbocycles. The van der Waals surface area contributed by atoms with E-state index in [9.17, 15) is 4.79 Å². The molecule has 130 valence electrons. The van der Waals surface area contributed by atoms with E-state index in [1.165, 1.54) is 4.88 Å². The summed E-state index contributed by atoms with van der Waals surface area (Å²) >= 11 is 1.68. The van der Waals surface area contributed by atoms with Gasteiger partial charge in [-0.3, -0.25) is 9.48 Å². The van der Waals surface area contributed by atoms with Crippen LogP contribution in [0.1, 0.15) is 25.9 Å². The Balaban J connectivity index is 1.82. The van der Waals surface area contributed by atoms with E-state index < -0.39 is 0 Å². The van der Waals surface area contributed by atoms with Crippen molar-refractivity contribution in [2.45, 2.75) is 20.4 Å². The maximum Gasteiger partial charge on any atom is 0.276 e. The summed E-state index contributed by atoms with van der Waals surface area (Å²) in [6, 6.07) is 5.76. The number of thiophene rings is 1. The van der Waals surface area contributed by atoms with Crippen LogP contribution >= 0.6 is 11.3 Å². The van der Waals surface area contributed by atoms with Gasteiger partial charge >= 0.3 is 0 Å². The molecule has 0 atom stereocenters. The highest BCUT2D eigenvalue weighted by Crippen LogP contribution is 2.24. The zero-order valence-electron chi connectivity index (χ0n) is 14.5. The van der Waals surface area contributed by atoms with Gasteiger partial charge in [-0.1, -0.05) is 11.2 Å². The van der Waals surface area contributed by atoms with Crippen molar-refractivity contribution in [1.29, 1.82) is 0 Å². The smallest absolute Gasteiger partial charge is 0.276 e. The number of nitrogens with zero attached hydrogens (tertiary/aromatic N) is 4. The number of carbonyl (C=O) groups is 1. The molecule has 0 aliphatic rings. The minimum absolute atomic E-state index is 0.178. The number of amides is 1. The summed E-state index contributed by atoms with van der Waals surface area (Å²) in [4.78, 5) is 16.9. The van der Waals surface area contributed by atoms with Gasteiger partial charge in [0.2, 0.25) is 0 Å². The highest BCUT2D eigenvalue weighted by atomic mass is 32.1. The van der Waals surface area contributed by atoms with E-state index in [4.69, 9.17) is 4.52 Å². The summed E-state index contributed by atoms with van der Waals surface area (Å²) in [5.74, 6) is 0.363. The average molecular weight is 356 g/mol. The lowest BCUT2D eigenvalue weighted by atomic mass is 10.2. The molecule has 0 aliphatic heterocycles. The van der Waals surface area contributed by atoms with E-state index in [0.717, 1.165) is 16.1 Å². The Kier molecular flexibility index (Phi) is 4.85. The van der Waals surface area contributed by atoms with Gasteiger partial charge in [-0.2, -0.15) is 5.10 Å². The fourth-order valence-electron chi connectivity index (χ4n) is 2.54. The van der Waals surface area contributed by atoms with Gasteiger partial charge in [0, 0.05) is 35.1 Å². The molecular formula is C18H20N4O2S. The second-order valence-electron chi connectivity index (χ2n) is 5.83. The Bertz CT molecular complexity index is 906. The van der Waals surface area contributed by atoms with Crippen LogP contribution in [0.2, 0.25) is 0 Å². The van der Waals surface area contributed by atoms with Crippen LogP contribution in [0, 0.1) is 13.8 Å². The largest absolute Gasteiger partial charge is 0.355 e. The lowest BCUT2D eigenvalue weighted by Gasteiger charge is -2.18. The Morgan fingerprint density at radius 2 is 2.24 bits per heavy atom. The van der Waals surface area contributed by atoms with Crippen LogP contribution in [0.25, 0.3) is 11.3 Å². The molecule has 0 saturated heterocycles. The molecule has 7 heteroatoms. The molecule has 0 N–H and O–H groups in total. The molecule has 0 spiro atoms. The van der Waals surface area contributed by atoms with Gasteiger partial charge in [0.15, 0.2) is 11.5 Å². The monoisotopic (exact) mass is 356 g/mol. The fourth-order valence-corrected chi connectivity index (χ4v) is 3.44. The van der Waals surface area contributed by atoms with Crippen molar-refractivity contribution in [1.82, 2.24) is 19.8 Å². The number of aromatic nitrogens is 3. The normalized spacial score (nSPS) is 10.8. The first-order chi connectivity index (χ1) is 12.0. The van der Waals surface area contributed by atoms with Crippen LogP contribution in [0.5, 0.6) is 0 Å². The van der Waals surface area contributed by atoms with Crippen LogP contribution < -0.4 is 0 Å². The van der Waals surface area contributed by atoms with Crippen molar-refractivity contribution in [3.05, 3.63) is 58.2 Å². The minimum Gasteiger partial charge on any atom is -0.355 e. The molecule has 6 nitrogen and oxygen atoms in total. The molecule has 0 fully saturated rings. The fraction of sp³-hybridized carbons (Fsp3) is 0.278. The first-order valence-corrected chi connectivity index (χ1v) is 8.72. The van der Waals surface area contributed by atoms with E-state index in [0.29, 0.717) is 18.8 Å². The van der Waals surface area contributed by atoms with E-state index in [1.807, 2.05) is 27.0 Å². The van der Waals surface area contributed by atoms with Gasteiger partial charge in [0.05, 0.1) is 18.3 Å². The maximum absolute atomic E-state index is 12.8. The highest BCUT2D eigenvalue weighted by molar-refractivity contribution is 7.11. The van der Waals surface area contributed by atoms with Crippen LogP contribution in [0.3, 0.4) is 0 Å². The Hall–Kier alpha value is -2.67. The molecule has 0 bridgehead atoms. The zero-order chi connectivity index (χ0) is 18.0. The van der Waals surface area contributed by atoms with Crippen LogP contribution in [-0.4, -0.2) is 32.3 Å². The van der Waals surface area contributed by atoms with E-state index in [-0.39, 0.29) is 11.6 Å². The summed E-state index contributed by atoms with van der Waals surface area (Å²) < 4.78 is 7.13. The van der Waals surface area contributed by atoms with Crippen molar-refractivity contribution in [3.8, 4) is 11.3 Å². The zero-order valence-corrected chi connectivity index (χ0v) is 15.3. The quantitative estimate of drug-likeness (QED) is 0.633. The predicted octanol–water partition coefficient (Wildman–Crippen LogP) is 3.58. The molecule has 1 amide bonds. The number of aryl methyl sites for hydroxylation is 2. The SMILES string of the molecule is C=CCN(Cc1ccc(C)s1)C(=O)c1cc(-c2cnn(C)c2C)on1. The number of rotatable bonds is 6. The summed E-state index contributed by atoms with van der Waals surface area (Å²) in [5, 5.41) is 8.15. The molecule has 0 saturated carbocycles. The molecule has 0 radical (unpaired) electrons. The molecule has 3 heterocycles. The molecule has 0 unspecified atom stereocenters. The highest BCUT2D eigenvalue weighted by Gasteiger charge is 2.21. The van der Waals surface area contributed by atoms with Crippen molar-refractivity contribution in [2.24, 2.45) is 7.05 Å². The third kappa shape index (κ3) is 3.56. The molecule has 0 aliphatic carbocycles. The van der Waals surface area contributed by atoms with Crippen LogP contribution in [0.4, 0.5) is 0 Å². The lowest BCUT2D eigenvalue weighted by molar-refractivity contribution is 0.0754. The van der Waals surface area contributed by atoms with Gasteiger partial charge in [0.25, 0.3) is 5.91 Å². The third-order valence-corrected chi connectivity index (χ3v) is 4.99. The molecular weight excluding hydrogens is 336 g/mol. The standard InChI is InChI=1S/C18H20N4O2S/c1-5-8-22(11-14-7-6-12(2)25-14)18(23)16-9-17(24-20-16)15-10-19-21(4)13(15)3/h5-7,9-10H,1,8,11H2,2-4H3. The summed E-state index contributed by atoms with van der Waals surface area (Å²) in [7, 11) is 1.86. The number of hydrogen-bond donors (Lipinski definition) is 0. The van der Waals surface area contributed by atoms with E-state index >= 15 is 0 Å². The minimum atomic E-state index is -0.178. The topological polar surface area (TPSA) is 64.2 Å². The molecule has 25 heavy (non-hydrogen) atoms. The van der Waals surface area contributed by atoms with Gasteiger partial charge in [0.1, 0.15) is 0 Å². The summed E-state index contributed by atoms with van der Waals surface area (Å²) in [6.07, 6.45) is 3.42. The summed E-state index contributed by atoms with van der Waals surface area (Å²) in [5.41, 5.74) is 2.07. The summed E-state index contributed by atoms with van der Waals surface area (Å²) in [6.45, 7) is 8.71. The second kappa shape index (κ2) is 7.06. The van der Waals surface area contributed by atoms with Gasteiger partial charge in [-0.15, -0.1) is 17.9 Å². The van der Waals surface area contributed by atoms with Gasteiger partial charge in [-0.25, -0.2) is 0 Å². The van der Waals surface area contributed by atoms with Crippen LogP contribution in [0.15, 0.2) is 41.6 Å². The van der Waals surface area contributed by atoms with E-state index in [1.54, 1.807) is 39.3 Å².